The molecule has 1 N–H and O–H groups in total. The fourth-order valence-electron chi connectivity index (χ4n) is 4.25. The number of nitrogens with one attached hydrogen (secondary N) is 1. The minimum absolute atomic E-state index is 0.139. The molecule has 5 nitrogen and oxygen atoms in total. The van der Waals surface area contributed by atoms with E-state index in [4.69, 9.17) is 0 Å². The molecule has 2 aromatic carbocycles. The number of benzene rings is 2. The first-order valence-corrected chi connectivity index (χ1v) is 9.88. The highest BCUT2D eigenvalue weighted by Crippen LogP contribution is 2.39. The third-order valence-electron chi connectivity index (χ3n) is 5.93. The average Bonchev–Trinajstić information content (AvgIpc) is 2.94. The molecule has 2 aromatic rings. The molecule has 0 unspecified atom stereocenters. The molecule has 0 saturated carbocycles. The number of para-hydroxylation sites is 1. The van der Waals surface area contributed by atoms with E-state index in [0.29, 0.717) is 24.1 Å². The van der Waals surface area contributed by atoms with E-state index >= 15 is 0 Å². The summed E-state index contributed by atoms with van der Waals surface area (Å²) in [6, 6.07) is 12.5. The Morgan fingerprint density at radius 1 is 0.931 bits per heavy atom. The largest absolute Gasteiger partial charge is 0.322 e. The van der Waals surface area contributed by atoms with E-state index in [1.807, 2.05) is 39.0 Å². The maximum Gasteiger partial charge on any atom is 0.255 e. The zero-order chi connectivity index (χ0) is 20.7. The maximum absolute atomic E-state index is 12.8. The maximum atomic E-state index is 12.8. The number of nitrogens with zero attached hydrogens (tertiary/aromatic N) is 1. The van der Waals surface area contributed by atoms with Gasteiger partial charge in [0.05, 0.1) is 17.5 Å². The lowest BCUT2D eigenvalue weighted by atomic mass is 9.82. The predicted molar refractivity (Wildman–Crippen MR) is 113 cm³/mol. The molecule has 4 rings (SSSR count). The number of amides is 3. The van der Waals surface area contributed by atoms with Crippen LogP contribution < -0.4 is 10.2 Å². The summed E-state index contributed by atoms with van der Waals surface area (Å²) in [6.07, 6.45) is 3.31. The van der Waals surface area contributed by atoms with Crippen LogP contribution >= 0.6 is 0 Å². The fraction of sp³-hybridized carbons (Fsp3) is 0.292. The summed E-state index contributed by atoms with van der Waals surface area (Å²) in [4.78, 5) is 39.6. The van der Waals surface area contributed by atoms with Crippen molar-refractivity contribution >= 4 is 29.1 Å². The predicted octanol–water partition coefficient (Wildman–Crippen LogP) is 4.40. The van der Waals surface area contributed by atoms with Crippen molar-refractivity contribution < 1.29 is 14.4 Å². The van der Waals surface area contributed by atoms with Crippen LogP contribution in [0.4, 0.5) is 11.4 Å². The third kappa shape index (κ3) is 3.37. The molecule has 3 amide bonds. The van der Waals surface area contributed by atoms with E-state index in [1.165, 1.54) is 4.90 Å². The second kappa shape index (κ2) is 7.32. The van der Waals surface area contributed by atoms with E-state index < -0.39 is 0 Å². The van der Waals surface area contributed by atoms with Crippen LogP contribution in [0.2, 0.25) is 0 Å². The lowest BCUT2D eigenvalue weighted by Gasteiger charge is -2.18. The van der Waals surface area contributed by atoms with Gasteiger partial charge in [-0.1, -0.05) is 29.8 Å². The average molecular weight is 388 g/mol. The van der Waals surface area contributed by atoms with Crippen molar-refractivity contribution in [3.05, 3.63) is 70.8 Å². The lowest BCUT2D eigenvalue weighted by molar-refractivity contribution is -0.122. The molecule has 5 heteroatoms. The Balaban J connectivity index is 1.53. The van der Waals surface area contributed by atoms with Crippen LogP contribution in [0.3, 0.4) is 0 Å². The van der Waals surface area contributed by atoms with Crippen LogP contribution in [0, 0.1) is 25.7 Å². The molecule has 0 aromatic heterocycles. The fourth-order valence-corrected chi connectivity index (χ4v) is 4.25. The van der Waals surface area contributed by atoms with Gasteiger partial charge in [0.2, 0.25) is 11.8 Å². The SMILES string of the molecule is CC1=CC[C@@H]2C(=O)N(c3ccc(C(=O)Nc4c(C)cccc4C)cc3)C(=O)[C@H]2C1. The van der Waals surface area contributed by atoms with Gasteiger partial charge in [-0.3, -0.25) is 19.3 Å². The number of carbonyl (C=O) groups is 3. The molecule has 1 saturated heterocycles. The molecule has 0 spiro atoms. The van der Waals surface area contributed by atoms with Crippen LogP contribution in [0.15, 0.2) is 54.1 Å². The van der Waals surface area contributed by atoms with E-state index in [-0.39, 0.29) is 29.6 Å². The van der Waals surface area contributed by atoms with Crippen molar-refractivity contribution in [2.45, 2.75) is 33.6 Å². The summed E-state index contributed by atoms with van der Waals surface area (Å²) in [6.45, 7) is 5.90. The molecule has 1 aliphatic carbocycles. The zero-order valence-electron chi connectivity index (χ0n) is 16.9. The van der Waals surface area contributed by atoms with E-state index in [1.54, 1.807) is 24.3 Å². The first-order chi connectivity index (χ1) is 13.9. The highest BCUT2D eigenvalue weighted by Gasteiger charge is 2.48. The summed E-state index contributed by atoms with van der Waals surface area (Å²) in [5.41, 5.74) is 4.96. The number of rotatable bonds is 3. The number of hydrogen-bond donors (Lipinski definition) is 1. The summed E-state index contributed by atoms with van der Waals surface area (Å²) in [5.74, 6) is -1.03. The summed E-state index contributed by atoms with van der Waals surface area (Å²) in [7, 11) is 0. The highest BCUT2D eigenvalue weighted by molar-refractivity contribution is 6.22. The molecule has 1 heterocycles. The van der Waals surface area contributed by atoms with Crippen LogP contribution in [0.1, 0.15) is 41.3 Å². The number of carbonyl (C=O) groups excluding carboxylic acids is 3. The number of fused-ring (bicyclic) bond motifs is 1. The van der Waals surface area contributed by atoms with E-state index in [0.717, 1.165) is 22.4 Å². The first-order valence-electron chi connectivity index (χ1n) is 9.88. The topological polar surface area (TPSA) is 66.5 Å². The third-order valence-corrected chi connectivity index (χ3v) is 5.93. The monoisotopic (exact) mass is 388 g/mol. The molecule has 1 aliphatic heterocycles. The van der Waals surface area contributed by atoms with Gasteiger partial charge in [-0.15, -0.1) is 0 Å². The molecule has 2 atom stereocenters. The van der Waals surface area contributed by atoms with Gasteiger partial charge in [0.25, 0.3) is 5.91 Å². The molecule has 0 bridgehead atoms. The molecular weight excluding hydrogens is 364 g/mol. The van der Waals surface area contributed by atoms with Gasteiger partial charge in [-0.05, 0) is 69.0 Å². The Morgan fingerprint density at radius 3 is 2.21 bits per heavy atom. The number of allylic oxidation sites excluding steroid dienone is 2. The quantitative estimate of drug-likeness (QED) is 0.626. The Labute approximate surface area is 170 Å². The molecule has 29 heavy (non-hydrogen) atoms. The highest BCUT2D eigenvalue weighted by atomic mass is 16.2. The Hall–Kier alpha value is -3.21. The van der Waals surface area contributed by atoms with Crippen molar-refractivity contribution in [1.82, 2.24) is 0 Å². The Morgan fingerprint density at radius 2 is 1.55 bits per heavy atom. The smallest absolute Gasteiger partial charge is 0.255 e. The van der Waals surface area contributed by atoms with E-state index in [2.05, 4.69) is 11.4 Å². The van der Waals surface area contributed by atoms with Crippen molar-refractivity contribution in [1.29, 1.82) is 0 Å². The van der Waals surface area contributed by atoms with Crippen LogP contribution in [-0.4, -0.2) is 17.7 Å². The molecular formula is C24H24N2O3. The normalized spacial score (nSPS) is 21.1. The van der Waals surface area contributed by atoms with Gasteiger partial charge < -0.3 is 5.32 Å². The summed E-state index contributed by atoms with van der Waals surface area (Å²) < 4.78 is 0. The number of aryl methyl sites for hydroxylation is 2. The summed E-state index contributed by atoms with van der Waals surface area (Å²) in [5, 5.41) is 2.95. The Bertz CT molecular complexity index is 1020. The van der Waals surface area contributed by atoms with Crippen molar-refractivity contribution in [3.8, 4) is 0 Å². The molecule has 2 aliphatic rings. The van der Waals surface area contributed by atoms with Crippen LogP contribution in [-0.2, 0) is 9.59 Å². The van der Waals surface area contributed by atoms with Gasteiger partial charge in [0, 0.05) is 11.3 Å². The van der Waals surface area contributed by atoms with Crippen molar-refractivity contribution in [2.75, 3.05) is 10.2 Å². The van der Waals surface area contributed by atoms with Gasteiger partial charge in [0.15, 0.2) is 0 Å². The van der Waals surface area contributed by atoms with E-state index in [9.17, 15) is 14.4 Å². The minimum atomic E-state index is -0.266. The van der Waals surface area contributed by atoms with Gasteiger partial charge in [-0.25, -0.2) is 0 Å². The Kier molecular flexibility index (Phi) is 4.82. The molecule has 148 valence electrons. The second-order valence-corrected chi connectivity index (χ2v) is 7.98. The lowest BCUT2D eigenvalue weighted by Crippen LogP contribution is -2.30. The first kappa shape index (κ1) is 19.1. The number of hydrogen-bond acceptors (Lipinski definition) is 3. The molecule has 0 radical (unpaired) electrons. The summed E-state index contributed by atoms with van der Waals surface area (Å²) >= 11 is 0. The minimum Gasteiger partial charge on any atom is -0.322 e. The number of anilines is 2. The van der Waals surface area contributed by atoms with Crippen LogP contribution in [0.5, 0.6) is 0 Å². The second-order valence-electron chi connectivity index (χ2n) is 7.98. The molecule has 1 fully saturated rings. The van der Waals surface area contributed by atoms with Gasteiger partial charge in [0.1, 0.15) is 0 Å². The van der Waals surface area contributed by atoms with Crippen molar-refractivity contribution in [2.24, 2.45) is 11.8 Å². The van der Waals surface area contributed by atoms with Crippen LogP contribution in [0.25, 0.3) is 0 Å². The standard InChI is InChI=1S/C24H24N2O3/c1-14-7-12-19-20(13-14)24(29)26(23(19)28)18-10-8-17(9-11-18)22(27)25-21-15(2)5-4-6-16(21)3/h4-11,19-20H,12-13H2,1-3H3,(H,25,27)/t19-,20-/m0/s1. The number of imide groups is 1. The zero-order valence-corrected chi connectivity index (χ0v) is 16.9. The van der Waals surface area contributed by atoms with Crippen molar-refractivity contribution in [3.63, 3.8) is 0 Å². The van der Waals surface area contributed by atoms with Gasteiger partial charge in [-0.2, -0.15) is 0 Å². The van der Waals surface area contributed by atoms with Gasteiger partial charge >= 0.3 is 0 Å².